The normalized spacial score (nSPS) is 20.1. The number of nitrogens with zero attached hydrogens (tertiary/aromatic N) is 1. The molecule has 0 bridgehead atoms. The van der Waals surface area contributed by atoms with Crippen LogP contribution in [-0.4, -0.2) is 6.21 Å². The van der Waals surface area contributed by atoms with Crippen molar-refractivity contribution >= 4 is 11.9 Å². The Morgan fingerprint density at radius 1 is 1.30 bits per heavy atom. The van der Waals surface area contributed by atoms with Gasteiger partial charge in [0.2, 0.25) is 0 Å². The summed E-state index contributed by atoms with van der Waals surface area (Å²) in [7, 11) is 0. The first kappa shape index (κ1) is 14.8. The van der Waals surface area contributed by atoms with Gasteiger partial charge in [0.25, 0.3) is 0 Å². The predicted molar refractivity (Wildman–Crippen MR) is 88.7 cm³/mol. The minimum Gasteiger partial charge on any atom is -0.261 e. The molecule has 1 aliphatic rings. The second kappa shape index (κ2) is 6.21. The monoisotopic (exact) mass is 267 g/mol. The van der Waals surface area contributed by atoms with E-state index in [9.17, 15) is 0 Å². The Morgan fingerprint density at radius 2 is 2.00 bits per heavy atom. The molecule has 1 heteroatoms. The number of fused-ring (bicyclic) bond motifs is 1. The number of hydrogen-bond acceptors (Lipinski definition) is 1. The first-order chi connectivity index (χ1) is 9.49. The van der Waals surface area contributed by atoms with E-state index in [4.69, 9.17) is 0 Å². The third kappa shape index (κ3) is 3.27. The molecule has 1 aromatic carbocycles. The third-order valence-electron chi connectivity index (χ3n) is 4.48. The summed E-state index contributed by atoms with van der Waals surface area (Å²) in [6, 6.07) is 8.43. The van der Waals surface area contributed by atoms with Gasteiger partial charge < -0.3 is 0 Å². The van der Waals surface area contributed by atoms with E-state index in [-0.39, 0.29) is 0 Å². The van der Waals surface area contributed by atoms with Crippen molar-refractivity contribution in [3.8, 4) is 0 Å². The Labute approximate surface area is 123 Å². The van der Waals surface area contributed by atoms with Crippen molar-refractivity contribution in [1.29, 1.82) is 0 Å². The lowest BCUT2D eigenvalue weighted by atomic mass is 9.81. The number of allylic oxidation sites excluding steroid dienone is 2. The van der Waals surface area contributed by atoms with Crippen molar-refractivity contribution in [1.82, 2.24) is 0 Å². The van der Waals surface area contributed by atoms with E-state index in [0.717, 1.165) is 18.5 Å². The van der Waals surface area contributed by atoms with Gasteiger partial charge in [0.1, 0.15) is 0 Å². The molecule has 0 fully saturated rings. The van der Waals surface area contributed by atoms with Crippen molar-refractivity contribution in [2.24, 2.45) is 22.7 Å². The van der Waals surface area contributed by atoms with Gasteiger partial charge in [0.15, 0.2) is 0 Å². The first-order valence-electron chi connectivity index (χ1n) is 7.45. The van der Waals surface area contributed by atoms with Crippen LogP contribution >= 0.6 is 0 Å². The number of para-hydroxylation sites is 1. The fraction of sp³-hybridized carbons (Fsp3) is 0.421. The minimum atomic E-state index is 0.401. The number of aliphatic imine (C=N–C) groups is 1. The van der Waals surface area contributed by atoms with E-state index in [1.165, 1.54) is 16.7 Å². The molecule has 3 unspecified atom stereocenters. The van der Waals surface area contributed by atoms with E-state index < -0.39 is 0 Å². The summed E-state index contributed by atoms with van der Waals surface area (Å²) in [5.74, 6) is 1.43. The van der Waals surface area contributed by atoms with Crippen LogP contribution in [0.3, 0.4) is 0 Å². The summed E-state index contributed by atoms with van der Waals surface area (Å²) < 4.78 is 0. The summed E-state index contributed by atoms with van der Waals surface area (Å²) in [6.07, 6.45) is 4.34. The van der Waals surface area contributed by atoms with Gasteiger partial charge in [-0.1, -0.05) is 56.4 Å². The largest absolute Gasteiger partial charge is 0.261 e. The molecule has 0 aliphatic carbocycles. The Kier molecular flexibility index (Phi) is 4.59. The maximum atomic E-state index is 4.59. The number of benzene rings is 1. The maximum absolute atomic E-state index is 4.59. The van der Waals surface area contributed by atoms with Crippen molar-refractivity contribution < 1.29 is 0 Å². The molecule has 1 aliphatic heterocycles. The molecular weight excluding hydrogens is 242 g/mol. The van der Waals surface area contributed by atoms with Crippen LogP contribution in [0.4, 0.5) is 5.69 Å². The topological polar surface area (TPSA) is 12.4 Å². The maximum Gasteiger partial charge on any atom is 0.0658 e. The van der Waals surface area contributed by atoms with Crippen molar-refractivity contribution in [3.63, 3.8) is 0 Å². The third-order valence-corrected chi connectivity index (χ3v) is 4.48. The van der Waals surface area contributed by atoms with Crippen LogP contribution in [0.1, 0.15) is 32.8 Å². The Morgan fingerprint density at radius 3 is 2.70 bits per heavy atom. The van der Waals surface area contributed by atoms with Gasteiger partial charge in [-0.25, -0.2) is 0 Å². The predicted octanol–water partition coefficient (Wildman–Crippen LogP) is 5.36. The molecule has 20 heavy (non-hydrogen) atoms. The highest BCUT2D eigenvalue weighted by atomic mass is 14.7. The van der Waals surface area contributed by atoms with Crippen LogP contribution in [-0.2, 0) is 6.42 Å². The Balaban J connectivity index is 1.99. The lowest BCUT2D eigenvalue weighted by Crippen LogP contribution is -2.17. The molecule has 0 amide bonds. The van der Waals surface area contributed by atoms with Gasteiger partial charge in [-0.15, -0.1) is 0 Å². The van der Waals surface area contributed by atoms with Gasteiger partial charge in [-0.2, -0.15) is 0 Å². The first-order valence-corrected chi connectivity index (χ1v) is 7.45. The summed E-state index contributed by atoms with van der Waals surface area (Å²) in [5.41, 5.74) is 4.99. The standard InChI is InChI=1S/C19H25N/c1-13(2)15(4)16(5)14(3)10-17-11-18-8-6-7-9-19(18)20-12-17/h6-9,12,14-15,17H,1,5,10-11H2,2-4H3. The zero-order chi connectivity index (χ0) is 14.7. The van der Waals surface area contributed by atoms with Gasteiger partial charge in [-0.3, -0.25) is 4.99 Å². The molecule has 2 rings (SSSR count). The average Bonchev–Trinajstić information content (AvgIpc) is 2.45. The zero-order valence-electron chi connectivity index (χ0n) is 12.9. The molecule has 1 aromatic rings. The fourth-order valence-corrected chi connectivity index (χ4v) is 2.82. The van der Waals surface area contributed by atoms with E-state index in [1.54, 1.807) is 0 Å². The molecule has 0 N–H and O–H groups in total. The minimum absolute atomic E-state index is 0.401. The van der Waals surface area contributed by atoms with Crippen LogP contribution in [0.15, 0.2) is 53.6 Å². The van der Waals surface area contributed by atoms with Gasteiger partial charge in [-0.05, 0) is 49.1 Å². The van der Waals surface area contributed by atoms with Gasteiger partial charge >= 0.3 is 0 Å². The SMILES string of the molecule is C=C(C)C(C)C(=C)C(C)CC1C=Nc2ccccc2C1. The molecular formula is C19H25N. The van der Waals surface area contributed by atoms with E-state index in [1.807, 2.05) is 0 Å². The van der Waals surface area contributed by atoms with E-state index in [2.05, 4.69) is 69.4 Å². The van der Waals surface area contributed by atoms with Crippen molar-refractivity contribution in [2.75, 3.05) is 0 Å². The highest BCUT2D eigenvalue weighted by Gasteiger charge is 2.21. The summed E-state index contributed by atoms with van der Waals surface area (Å²) >= 11 is 0. The second-order valence-electron chi connectivity index (χ2n) is 6.15. The molecule has 3 atom stereocenters. The molecule has 0 saturated carbocycles. The zero-order valence-corrected chi connectivity index (χ0v) is 12.9. The molecule has 0 saturated heterocycles. The van der Waals surface area contributed by atoms with Crippen LogP contribution < -0.4 is 0 Å². The molecule has 0 radical (unpaired) electrons. The molecule has 1 nitrogen and oxygen atoms in total. The summed E-state index contributed by atoms with van der Waals surface area (Å²) in [5, 5.41) is 0. The molecule has 1 heterocycles. The second-order valence-corrected chi connectivity index (χ2v) is 6.15. The van der Waals surface area contributed by atoms with Crippen LogP contribution in [0.2, 0.25) is 0 Å². The highest BCUT2D eigenvalue weighted by Crippen LogP contribution is 2.32. The fourth-order valence-electron chi connectivity index (χ4n) is 2.82. The number of hydrogen-bond donors (Lipinski definition) is 0. The molecule has 0 aromatic heterocycles. The lowest BCUT2D eigenvalue weighted by Gasteiger charge is -2.26. The Hall–Kier alpha value is -1.63. The van der Waals surface area contributed by atoms with Crippen molar-refractivity contribution in [2.45, 2.75) is 33.6 Å². The van der Waals surface area contributed by atoms with Crippen molar-refractivity contribution in [3.05, 3.63) is 54.1 Å². The van der Waals surface area contributed by atoms with Gasteiger partial charge in [0, 0.05) is 6.21 Å². The summed E-state index contributed by atoms with van der Waals surface area (Å²) in [4.78, 5) is 4.59. The average molecular weight is 267 g/mol. The van der Waals surface area contributed by atoms with Crippen LogP contribution in [0, 0.1) is 17.8 Å². The quantitative estimate of drug-likeness (QED) is 0.637. The van der Waals surface area contributed by atoms with Crippen LogP contribution in [0.25, 0.3) is 0 Å². The van der Waals surface area contributed by atoms with Gasteiger partial charge in [0.05, 0.1) is 5.69 Å². The van der Waals surface area contributed by atoms with E-state index in [0.29, 0.717) is 17.8 Å². The number of rotatable bonds is 5. The van der Waals surface area contributed by atoms with Crippen LogP contribution in [0.5, 0.6) is 0 Å². The smallest absolute Gasteiger partial charge is 0.0658 e. The lowest BCUT2D eigenvalue weighted by molar-refractivity contribution is 0.487. The molecule has 0 spiro atoms. The molecule has 106 valence electrons. The highest BCUT2D eigenvalue weighted by molar-refractivity contribution is 5.71. The summed E-state index contributed by atoms with van der Waals surface area (Å²) in [6.45, 7) is 14.9. The Bertz CT molecular complexity index is 538. The van der Waals surface area contributed by atoms with E-state index >= 15 is 0 Å².